The lowest BCUT2D eigenvalue weighted by molar-refractivity contribution is -0.275. The summed E-state index contributed by atoms with van der Waals surface area (Å²) in [6.07, 6.45) is -3.49. The van der Waals surface area contributed by atoms with Gasteiger partial charge in [-0.25, -0.2) is 4.68 Å². The van der Waals surface area contributed by atoms with E-state index in [0.29, 0.717) is 10.9 Å². The standard InChI is InChI=1S/C28H22F3N3O2/c29-28(30,31)27(35,19-36-25-14-12-23(13-15-25)33-22-7-3-1-4-8-22)21-11-16-26-20(17-21)18-32-34(26)24-9-5-2-6-10-24/h1-18,33,35H,19H2. The van der Waals surface area contributed by atoms with E-state index in [-0.39, 0.29) is 11.3 Å². The zero-order valence-electron chi connectivity index (χ0n) is 19.0. The fourth-order valence-corrected chi connectivity index (χ4v) is 3.90. The van der Waals surface area contributed by atoms with Crippen molar-refractivity contribution >= 4 is 22.3 Å². The first kappa shape index (κ1) is 23.4. The molecule has 1 unspecified atom stereocenters. The number of ether oxygens (including phenoxy) is 1. The fourth-order valence-electron chi connectivity index (χ4n) is 3.90. The molecule has 36 heavy (non-hydrogen) atoms. The van der Waals surface area contributed by atoms with Crippen LogP contribution in [0.4, 0.5) is 24.5 Å². The molecular formula is C28H22F3N3O2. The number of hydrogen-bond donors (Lipinski definition) is 2. The van der Waals surface area contributed by atoms with Crippen molar-refractivity contribution in [3.63, 3.8) is 0 Å². The Hall–Kier alpha value is -4.30. The van der Waals surface area contributed by atoms with E-state index in [2.05, 4.69) is 10.4 Å². The normalized spacial score (nSPS) is 13.3. The molecule has 0 aliphatic rings. The van der Waals surface area contributed by atoms with Crippen LogP contribution in [-0.4, -0.2) is 27.7 Å². The largest absolute Gasteiger partial charge is 0.490 e. The fraction of sp³-hybridized carbons (Fsp3) is 0.107. The van der Waals surface area contributed by atoms with Gasteiger partial charge in [-0.2, -0.15) is 18.3 Å². The lowest BCUT2D eigenvalue weighted by atomic mass is 9.93. The second-order valence-corrected chi connectivity index (χ2v) is 8.33. The Labute approximate surface area is 205 Å². The number of hydrogen-bond acceptors (Lipinski definition) is 4. The molecule has 1 aromatic heterocycles. The highest BCUT2D eigenvalue weighted by Gasteiger charge is 2.56. The molecule has 0 aliphatic heterocycles. The van der Waals surface area contributed by atoms with E-state index in [1.807, 2.05) is 60.7 Å². The summed E-state index contributed by atoms with van der Waals surface area (Å²) in [6.45, 7) is -1.000. The molecule has 0 radical (unpaired) electrons. The minimum atomic E-state index is -4.97. The van der Waals surface area contributed by atoms with Crippen LogP contribution in [-0.2, 0) is 5.60 Å². The van der Waals surface area contributed by atoms with Crippen molar-refractivity contribution in [2.45, 2.75) is 11.8 Å². The summed E-state index contributed by atoms with van der Waals surface area (Å²) in [7, 11) is 0. The van der Waals surface area contributed by atoms with Crippen molar-refractivity contribution < 1.29 is 23.0 Å². The minimum Gasteiger partial charge on any atom is -0.490 e. The lowest BCUT2D eigenvalue weighted by Crippen LogP contribution is -2.47. The molecule has 2 N–H and O–H groups in total. The van der Waals surface area contributed by atoms with Gasteiger partial charge in [0.25, 0.3) is 0 Å². The molecule has 0 saturated carbocycles. The van der Waals surface area contributed by atoms with E-state index in [1.54, 1.807) is 28.9 Å². The molecule has 0 spiro atoms. The average Bonchev–Trinajstić information content (AvgIpc) is 3.32. The molecule has 0 saturated heterocycles. The predicted octanol–water partition coefficient (Wildman–Crippen LogP) is 6.60. The molecule has 0 aliphatic carbocycles. The van der Waals surface area contributed by atoms with E-state index in [1.165, 1.54) is 24.4 Å². The Bertz CT molecular complexity index is 1450. The van der Waals surface area contributed by atoms with Gasteiger partial charge in [0.05, 0.1) is 17.4 Å². The number of aromatic nitrogens is 2. The maximum atomic E-state index is 14.1. The molecule has 182 valence electrons. The van der Waals surface area contributed by atoms with Gasteiger partial charge in [0.1, 0.15) is 12.4 Å². The number of halogens is 3. The summed E-state index contributed by atoms with van der Waals surface area (Å²) in [5.74, 6) is 0.203. The first-order valence-electron chi connectivity index (χ1n) is 11.2. The smallest absolute Gasteiger partial charge is 0.424 e. The molecule has 1 atom stereocenters. The van der Waals surface area contributed by atoms with Crippen LogP contribution >= 0.6 is 0 Å². The molecule has 1 heterocycles. The van der Waals surface area contributed by atoms with E-state index in [0.717, 1.165) is 17.1 Å². The number of benzene rings is 4. The number of nitrogens with one attached hydrogen (secondary N) is 1. The zero-order chi connectivity index (χ0) is 25.2. The number of para-hydroxylation sites is 2. The second kappa shape index (κ2) is 9.39. The number of fused-ring (bicyclic) bond motifs is 1. The van der Waals surface area contributed by atoms with Crippen LogP contribution in [0.15, 0.2) is 109 Å². The number of alkyl halides is 3. The van der Waals surface area contributed by atoms with Gasteiger partial charge >= 0.3 is 6.18 Å². The molecular weight excluding hydrogens is 467 g/mol. The highest BCUT2D eigenvalue weighted by Crippen LogP contribution is 2.40. The van der Waals surface area contributed by atoms with Crippen molar-refractivity contribution in [3.05, 3.63) is 115 Å². The average molecular weight is 489 g/mol. The van der Waals surface area contributed by atoms with Gasteiger partial charge in [-0.15, -0.1) is 0 Å². The first-order valence-corrected chi connectivity index (χ1v) is 11.2. The molecule has 5 aromatic rings. The maximum Gasteiger partial charge on any atom is 0.424 e. The Morgan fingerprint density at radius 3 is 2.11 bits per heavy atom. The summed E-state index contributed by atoms with van der Waals surface area (Å²) < 4.78 is 49.4. The summed E-state index contributed by atoms with van der Waals surface area (Å²) in [6, 6.07) is 29.3. The third-order valence-electron chi connectivity index (χ3n) is 5.88. The summed E-state index contributed by atoms with van der Waals surface area (Å²) in [5.41, 5.74) is -0.505. The van der Waals surface area contributed by atoms with Crippen LogP contribution in [0, 0.1) is 0 Å². The van der Waals surface area contributed by atoms with Crippen LogP contribution in [0.3, 0.4) is 0 Å². The molecule has 5 nitrogen and oxygen atoms in total. The number of anilines is 2. The van der Waals surface area contributed by atoms with E-state index < -0.39 is 18.4 Å². The highest BCUT2D eigenvalue weighted by molar-refractivity contribution is 5.81. The third kappa shape index (κ3) is 4.63. The quantitative estimate of drug-likeness (QED) is 0.271. The molecule has 5 rings (SSSR count). The number of nitrogens with zero attached hydrogens (tertiary/aromatic N) is 2. The van der Waals surface area contributed by atoms with Gasteiger partial charge in [0, 0.05) is 16.8 Å². The van der Waals surface area contributed by atoms with Gasteiger partial charge < -0.3 is 15.2 Å². The highest BCUT2D eigenvalue weighted by atomic mass is 19.4. The molecule has 4 aromatic carbocycles. The van der Waals surface area contributed by atoms with Crippen LogP contribution < -0.4 is 10.1 Å². The van der Waals surface area contributed by atoms with Crippen molar-refractivity contribution in [2.24, 2.45) is 0 Å². The third-order valence-corrected chi connectivity index (χ3v) is 5.88. The van der Waals surface area contributed by atoms with Gasteiger partial charge in [0.2, 0.25) is 5.60 Å². The SMILES string of the molecule is OC(COc1ccc(Nc2ccccc2)cc1)(c1ccc2c(cnn2-c2ccccc2)c1)C(F)(F)F. The van der Waals surface area contributed by atoms with Crippen LogP contribution in [0.25, 0.3) is 16.6 Å². The maximum absolute atomic E-state index is 14.1. The van der Waals surface area contributed by atoms with E-state index >= 15 is 0 Å². The number of rotatable bonds is 7. The predicted molar refractivity (Wildman–Crippen MR) is 133 cm³/mol. The van der Waals surface area contributed by atoms with E-state index in [4.69, 9.17) is 4.74 Å². The second-order valence-electron chi connectivity index (χ2n) is 8.33. The molecule has 0 amide bonds. The monoisotopic (exact) mass is 489 g/mol. The topological polar surface area (TPSA) is 59.3 Å². The Morgan fingerprint density at radius 1 is 0.806 bits per heavy atom. The minimum absolute atomic E-state index is 0.203. The van der Waals surface area contributed by atoms with Crippen LogP contribution in [0.5, 0.6) is 5.75 Å². The van der Waals surface area contributed by atoms with Crippen LogP contribution in [0.1, 0.15) is 5.56 Å². The molecule has 0 fully saturated rings. The summed E-state index contributed by atoms with van der Waals surface area (Å²) in [5, 5.41) is 18.8. The van der Waals surface area contributed by atoms with Crippen molar-refractivity contribution in [2.75, 3.05) is 11.9 Å². The Kier molecular flexibility index (Phi) is 6.12. The van der Waals surface area contributed by atoms with Crippen molar-refractivity contribution in [3.8, 4) is 11.4 Å². The van der Waals surface area contributed by atoms with Gasteiger partial charge in [-0.05, 0) is 66.2 Å². The van der Waals surface area contributed by atoms with Gasteiger partial charge in [-0.1, -0.05) is 42.5 Å². The van der Waals surface area contributed by atoms with Gasteiger partial charge in [-0.3, -0.25) is 0 Å². The van der Waals surface area contributed by atoms with Crippen molar-refractivity contribution in [1.29, 1.82) is 0 Å². The Morgan fingerprint density at radius 2 is 1.44 bits per heavy atom. The van der Waals surface area contributed by atoms with E-state index in [9.17, 15) is 18.3 Å². The number of aliphatic hydroxyl groups is 1. The Balaban J connectivity index is 1.37. The van der Waals surface area contributed by atoms with Gasteiger partial charge in [0.15, 0.2) is 0 Å². The summed E-state index contributed by atoms with van der Waals surface area (Å²) in [4.78, 5) is 0. The lowest BCUT2D eigenvalue weighted by Gasteiger charge is -2.31. The summed E-state index contributed by atoms with van der Waals surface area (Å²) >= 11 is 0. The first-order chi connectivity index (χ1) is 17.3. The molecule has 8 heteroatoms. The zero-order valence-corrected chi connectivity index (χ0v) is 19.0. The van der Waals surface area contributed by atoms with Crippen LogP contribution in [0.2, 0.25) is 0 Å². The van der Waals surface area contributed by atoms with Crippen molar-refractivity contribution in [1.82, 2.24) is 9.78 Å². The molecule has 0 bridgehead atoms.